The van der Waals surface area contributed by atoms with Crippen LogP contribution in [0.5, 0.6) is 0 Å². The molecule has 0 aromatic carbocycles. The number of hydrogen-bond donors (Lipinski definition) is 1. The number of aliphatic carboxylic acids is 1. The largest absolute Gasteiger partial charge is 0.478 e. The lowest BCUT2D eigenvalue weighted by atomic mass is 9.46. The molecule has 3 rings (SSSR count). The molecule has 0 aromatic rings. The summed E-state index contributed by atoms with van der Waals surface area (Å²) >= 11 is 0. The van der Waals surface area contributed by atoms with Gasteiger partial charge < -0.3 is 14.6 Å². The Morgan fingerprint density at radius 1 is 1.48 bits per heavy atom. The van der Waals surface area contributed by atoms with Crippen molar-refractivity contribution in [3.8, 4) is 0 Å². The van der Waals surface area contributed by atoms with Crippen LogP contribution in [-0.4, -0.2) is 31.1 Å². The maximum absolute atomic E-state index is 10.9. The molecule has 140 valence electrons. The molecule has 1 heterocycles. The van der Waals surface area contributed by atoms with Crippen LogP contribution in [0.15, 0.2) is 23.3 Å². The van der Waals surface area contributed by atoms with Gasteiger partial charge in [-0.15, -0.1) is 0 Å². The topological polar surface area (TPSA) is 55.8 Å². The Morgan fingerprint density at radius 2 is 2.24 bits per heavy atom. The molecule has 5 unspecified atom stereocenters. The average Bonchev–Trinajstić information content (AvgIpc) is 2.94. The van der Waals surface area contributed by atoms with E-state index in [0.29, 0.717) is 11.8 Å². The SMILES string of the molecule is COC1OCC23CCC(C)C(C)(CCC(C)=CC(=O)O)C2CCC=C13. The van der Waals surface area contributed by atoms with E-state index in [1.165, 1.54) is 30.9 Å². The third kappa shape index (κ3) is 3.08. The lowest BCUT2D eigenvalue weighted by Gasteiger charge is -2.57. The number of carboxylic acids is 1. The molecule has 4 nitrogen and oxygen atoms in total. The van der Waals surface area contributed by atoms with E-state index in [1.54, 1.807) is 7.11 Å². The number of carboxylic acid groups (broad SMARTS) is 1. The van der Waals surface area contributed by atoms with Crippen molar-refractivity contribution < 1.29 is 19.4 Å². The number of carbonyl (C=O) groups is 1. The lowest BCUT2D eigenvalue weighted by Crippen LogP contribution is -2.51. The van der Waals surface area contributed by atoms with Crippen LogP contribution in [0.1, 0.15) is 59.3 Å². The average molecular weight is 348 g/mol. The van der Waals surface area contributed by atoms with E-state index in [-0.39, 0.29) is 17.1 Å². The van der Waals surface area contributed by atoms with Crippen molar-refractivity contribution >= 4 is 5.97 Å². The third-order valence-corrected chi connectivity index (χ3v) is 7.39. The zero-order valence-corrected chi connectivity index (χ0v) is 16.0. The summed E-state index contributed by atoms with van der Waals surface area (Å²) in [4.78, 5) is 10.9. The predicted octanol–water partition coefficient (Wildman–Crippen LogP) is 4.56. The van der Waals surface area contributed by atoms with Gasteiger partial charge in [0, 0.05) is 18.6 Å². The van der Waals surface area contributed by atoms with Crippen LogP contribution in [0.25, 0.3) is 0 Å². The molecular formula is C21H32O4. The molecular weight excluding hydrogens is 316 g/mol. The summed E-state index contributed by atoms with van der Waals surface area (Å²) in [7, 11) is 1.73. The van der Waals surface area contributed by atoms with E-state index < -0.39 is 5.97 Å². The van der Waals surface area contributed by atoms with E-state index in [2.05, 4.69) is 19.9 Å². The second-order valence-corrected chi connectivity index (χ2v) is 8.60. The van der Waals surface area contributed by atoms with Gasteiger partial charge in [-0.05, 0) is 68.3 Å². The van der Waals surface area contributed by atoms with Crippen molar-refractivity contribution in [1.29, 1.82) is 0 Å². The van der Waals surface area contributed by atoms with Crippen molar-refractivity contribution in [3.05, 3.63) is 23.3 Å². The fourth-order valence-corrected chi connectivity index (χ4v) is 5.78. The summed E-state index contributed by atoms with van der Waals surface area (Å²) in [6, 6.07) is 0. The Kier molecular flexibility index (Phi) is 5.13. The van der Waals surface area contributed by atoms with Crippen LogP contribution in [0.3, 0.4) is 0 Å². The number of rotatable bonds is 5. The van der Waals surface area contributed by atoms with Crippen molar-refractivity contribution in [1.82, 2.24) is 0 Å². The first-order chi connectivity index (χ1) is 11.8. The van der Waals surface area contributed by atoms with E-state index in [9.17, 15) is 4.79 Å². The predicted molar refractivity (Wildman–Crippen MR) is 97.1 cm³/mol. The normalized spacial score (nSPS) is 41.0. The van der Waals surface area contributed by atoms with Gasteiger partial charge in [-0.25, -0.2) is 4.79 Å². The van der Waals surface area contributed by atoms with Gasteiger partial charge in [0.1, 0.15) is 0 Å². The minimum absolute atomic E-state index is 0.130. The van der Waals surface area contributed by atoms with Crippen LogP contribution >= 0.6 is 0 Å². The van der Waals surface area contributed by atoms with Crippen molar-refractivity contribution in [3.63, 3.8) is 0 Å². The van der Waals surface area contributed by atoms with Gasteiger partial charge in [-0.3, -0.25) is 0 Å². The summed E-state index contributed by atoms with van der Waals surface area (Å²) in [5, 5.41) is 8.99. The molecule has 2 fully saturated rings. The Balaban J connectivity index is 1.87. The molecule has 0 bridgehead atoms. The highest BCUT2D eigenvalue weighted by atomic mass is 16.7. The first kappa shape index (κ1) is 18.7. The fourth-order valence-electron chi connectivity index (χ4n) is 5.78. The second kappa shape index (κ2) is 6.88. The fraction of sp³-hybridized carbons (Fsp3) is 0.762. The molecule has 1 aliphatic heterocycles. The van der Waals surface area contributed by atoms with Gasteiger partial charge in [-0.2, -0.15) is 0 Å². The third-order valence-electron chi connectivity index (χ3n) is 7.39. The molecule has 1 spiro atoms. The zero-order chi connectivity index (χ0) is 18.2. The number of allylic oxidation sites excluding steroid dienone is 2. The second-order valence-electron chi connectivity index (χ2n) is 8.60. The molecule has 25 heavy (non-hydrogen) atoms. The molecule has 2 aliphatic carbocycles. The van der Waals surface area contributed by atoms with E-state index in [1.807, 2.05) is 6.92 Å². The first-order valence-electron chi connectivity index (χ1n) is 9.58. The summed E-state index contributed by atoms with van der Waals surface area (Å²) in [6.45, 7) is 7.52. The standard InChI is InChI=1S/C21H32O4/c1-14(12-18(22)23)8-10-20(3)15(2)9-11-21-13-25-19(24-4)16(21)6-5-7-17(20)21/h6,12,15,17,19H,5,7-11,13H2,1-4H3,(H,22,23). The lowest BCUT2D eigenvalue weighted by molar-refractivity contribution is -0.131. The summed E-state index contributed by atoms with van der Waals surface area (Å²) < 4.78 is 11.6. The minimum Gasteiger partial charge on any atom is -0.478 e. The van der Waals surface area contributed by atoms with E-state index in [4.69, 9.17) is 14.6 Å². The molecule has 1 saturated heterocycles. The number of methoxy groups -OCH3 is 1. The van der Waals surface area contributed by atoms with Gasteiger partial charge in [-0.1, -0.05) is 25.5 Å². The Hall–Kier alpha value is -1.13. The van der Waals surface area contributed by atoms with Gasteiger partial charge in [0.05, 0.1) is 6.61 Å². The van der Waals surface area contributed by atoms with Gasteiger partial charge in [0.25, 0.3) is 0 Å². The molecule has 0 radical (unpaired) electrons. The number of ether oxygens (including phenoxy) is 2. The number of hydrogen-bond acceptors (Lipinski definition) is 3. The van der Waals surface area contributed by atoms with Crippen molar-refractivity contribution in [2.24, 2.45) is 22.7 Å². The van der Waals surface area contributed by atoms with Crippen LogP contribution in [0, 0.1) is 22.7 Å². The molecule has 0 aromatic heterocycles. The molecule has 1 N–H and O–H groups in total. The maximum Gasteiger partial charge on any atom is 0.328 e. The monoisotopic (exact) mass is 348 g/mol. The molecule has 4 heteroatoms. The van der Waals surface area contributed by atoms with Crippen molar-refractivity contribution in [2.45, 2.75) is 65.6 Å². The zero-order valence-electron chi connectivity index (χ0n) is 16.0. The van der Waals surface area contributed by atoms with Gasteiger partial charge in [0.15, 0.2) is 6.29 Å². The summed E-state index contributed by atoms with van der Waals surface area (Å²) in [5.41, 5.74) is 2.67. The molecule has 0 amide bonds. The Bertz CT molecular complexity index is 593. The molecule has 1 saturated carbocycles. The minimum atomic E-state index is -0.842. The highest BCUT2D eigenvalue weighted by molar-refractivity contribution is 5.80. The van der Waals surface area contributed by atoms with Crippen LogP contribution < -0.4 is 0 Å². The van der Waals surface area contributed by atoms with Gasteiger partial charge >= 0.3 is 5.97 Å². The van der Waals surface area contributed by atoms with Crippen molar-refractivity contribution in [2.75, 3.05) is 13.7 Å². The van der Waals surface area contributed by atoms with E-state index in [0.717, 1.165) is 31.4 Å². The summed E-state index contributed by atoms with van der Waals surface area (Å²) in [6.07, 6.45) is 10.1. The van der Waals surface area contributed by atoms with Crippen LogP contribution in [-0.2, 0) is 14.3 Å². The van der Waals surface area contributed by atoms with E-state index >= 15 is 0 Å². The van der Waals surface area contributed by atoms with Crippen LogP contribution in [0.2, 0.25) is 0 Å². The van der Waals surface area contributed by atoms with Gasteiger partial charge in [0.2, 0.25) is 0 Å². The Morgan fingerprint density at radius 3 is 2.92 bits per heavy atom. The first-order valence-corrected chi connectivity index (χ1v) is 9.58. The molecule has 5 atom stereocenters. The van der Waals surface area contributed by atoms with Crippen LogP contribution in [0.4, 0.5) is 0 Å². The highest BCUT2D eigenvalue weighted by Gasteiger charge is 2.60. The smallest absolute Gasteiger partial charge is 0.328 e. The summed E-state index contributed by atoms with van der Waals surface area (Å²) in [5.74, 6) is 0.383. The quantitative estimate of drug-likeness (QED) is 0.584. The Labute approximate surface area is 151 Å². The maximum atomic E-state index is 10.9. The highest BCUT2D eigenvalue weighted by Crippen LogP contribution is 2.64. The molecule has 3 aliphatic rings.